The highest BCUT2D eigenvalue weighted by molar-refractivity contribution is 5.96. The molecule has 3 N–H and O–H groups in total. The summed E-state index contributed by atoms with van der Waals surface area (Å²) in [5.41, 5.74) is 0.119. The van der Waals surface area contributed by atoms with E-state index in [1.165, 1.54) is 27.0 Å². The van der Waals surface area contributed by atoms with Crippen LogP contribution < -0.4 is 15.4 Å². The van der Waals surface area contributed by atoms with Crippen molar-refractivity contribution in [2.75, 3.05) is 7.05 Å². The van der Waals surface area contributed by atoms with Gasteiger partial charge < -0.3 is 24.9 Å². The molecule has 0 spiro atoms. The lowest BCUT2D eigenvalue weighted by molar-refractivity contribution is -0.127. The number of carbonyl (C=O) groups is 2. The van der Waals surface area contributed by atoms with Gasteiger partial charge in [-0.15, -0.1) is 0 Å². The first-order valence-electron chi connectivity index (χ1n) is 9.76. The third kappa shape index (κ3) is 5.70. The van der Waals surface area contributed by atoms with Gasteiger partial charge in [0.05, 0.1) is 11.8 Å². The molecule has 8 nitrogen and oxygen atoms in total. The number of aliphatic hydroxyl groups is 1. The fraction of sp³-hybridized carbons (Fsp3) is 0.261. The molecule has 3 rings (SSSR count). The highest BCUT2D eigenvalue weighted by Gasteiger charge is 2.35. The lowest BCUT2D eigenvalue weighted by Crippen LogP contribution is -2.57. The summed E-state index contributed by atoms with van der Waals surface area (Å²) in [5.74, 6) is -0.139. The minimum atomic E-state index is -1.46. The summed E-state index contributed by atoms with van der Waals surface area (Å²) in [4.78, 5) is 28.8. The van der Waals surface area contributed by atoms with Crippen molar-refractivity contribution in [3.05, 3.63) is 72.1 Å². The van der Waals surface area contributed by atoms with Gasteiger partial charge in [-0.2, -0.15) is 0 Å². The quantitative estimate of drug-likeness (QED) is 0.513. The van der Waals surface area contributed by atoms with E-state index in [1.54, 1.807) is 24.4 Å². The molecule has 8 heteroatoms. The van der Waals surface area contributed by atoms with Crippen molar-refractivity contribution in [2.24, 2.45) is 0 Å². The smallest absolute Gasteiger partial charge is 0.287 e. The Kier molecular flexibility index (Phi) is 6.71. The molecule has 1 atom stereocenters. The predicted molar refractivity (Wildman–Crippen MR) is 114 cm³/mol. The lowest BCUT2D eigenvalue weighted by Gasteiger charge is -2.28. The second-order valence-corrected chi connectivity index (χ2v) is 7.49. The zero-order valence-electron chi connectivity index (χ0n) is 17.6. The Morgan fingerprint density at radius 3 is 2.48 bits per heavy atom. The number of carbonyl (C=O) groups excluding carboxylic acids is 2. The SMILES string of the molecule is CNC(=O)[C@@H](NC(=O)c1ccc(-c2ccc(OCc3ccccc3)cn2)o1)C(C)(C)O. The van der Waals surface area contributed by atoms with Crippen molar-refractivity contribution < 1.29 is 23.8 Å². The molecule has 0 unspecified atom stereocenters. The zero-order valence-corrected chi connectivity index (χ0v) is 17.6. The minimum absolute atomic E-state index is 0.000595. The molecule has 162 valence electrons. The Balaban J connectivity index is 1.65. The number of rotatable bonds is 8. The predicted octanol–water partition coefficient (Wildman–Crippen LogP) is 2.54. The van der Waals surface area contributed by atoms with Crippen LogP contribution >= 0.6 is 0 Å². The molecule has 0 saturated heterocycles. The summed E-state index contributed by atoms with van der Waals surface area (Å²) < 4.78 is 11.3. The van der Waals surface area contributed by atoms with E-state index >= 15 is 0 Å². The van der Waals surface area contributed by atoms with Crippen molar-refractivity contribution in [2.45, 2.75) is 32.1 Å². The van der Waals surface area contributed by atoms with Crippen molar-refractivity contribution >= 4 is 11.8 Å². The maximum Gasteiger partial charge on any atom is 0.287 e. The average Bonchev–Trinajstić information content (AvgIpc) is 3.26. The lowest BCUT2D eigenvalue weighted by atomic mass is 9.98. The van der Waals surface area contributed by atoms with Crippen LogP contribution in [0.2, 0.25) is 0 Å². The van der Waals surface area contributed by atoms with E-state index in [4.69, 9.17) is 9.15 Å². The van der Waals surface area contributed by atoms with Gasteiger partial charge >= 0.3 is 0 Å². The van der Waals surface area contributed by atoms with Crippen LogP contribution in [0.4, 0.5) is 0 Å². The Morgan fingerprint density at radius 2 is 1.87 bits per heavy atom. The fourth-order valence-corrected chi connectivity index (χ4v) is 2.86. The van der Waals surface area contributed by atoms with E-state index in [0.717, 1.165) is 5.56 Å². The maximum absolute atomic E-state index is 12.5. The summed E-state index contributed by atoms with van der Waals surface area (Å²) in [6.45, 7) is 3.30. The summed E-state index contributed by atoms with van der Waals surface area (Å²) in [6, 6.07) is 15.2. The third-order valence-electron chi connectivity index (χ3n) is 4.56. The first-order chi connectivity index (χ1) is 14.8. The molecule has 2 aromatic heterocycles. The van der Waals surface area contributed by atoms with Gasteiger partial charge in [-0.05, 0) is 43.7 Å². The first kappa shape index (κ1) is 22.0. The van der Waals surface area contributed by atoms with E-state index in [2.05, 4.69) is 15.6 Å². The van der Waals surface area contributed by atoms with Crippen LogP contribution in [0.15, 0.2) is 65.2 Å². The molecule has 0 aliphatic heterocycles. The number of benzene rings is 1. The third-order valence-corrected chi connectivity index (χ3v) is 4.56. The Hall–Kier alpha value is -3.65. The first-order valence-corrected chi connectivity index (χ1v) is 9.76. The molecule has 0 aliphatic rings. The summed E-state index contributed by atoms with van der Waals surface area (Å²) in [6.07, 6.45) is 1.58. The van der Waals surface area contributed by atoms with Gasteiger partial charge in [-0.1, -0.05) is 30.3 Å². The topological polar surface area (TPSA) is 114 Å². The monoisotopic (exact) mass is 423 g/mol. The van der Waals surface area contributed by atoms with Gasteiger partial charge in [-0.25, -0.2) is 4.98 Å². The van der Waals surface area contributed by atoms with E-state index in [9.17, 15) is 14.7 Å². The number of nitrogens with zero attached hydrogens (tertiary/aromatic N) is 1. The van der Waals surface area contributed by atoms with Crippen molar-refractivity contribution in [3.8, 4) is 17.2 Å². The molecule has 2 heterocycles. The molecule has 1 aromatic carbocycles. The van der Waals surface area contributed by atoms with Gasteiger partial charge in [0.15, 0.2) is 11.5 Å². The van der Waals surface area contributed by atoms with E-state index in [-0.39, 0.29) is 5.76 Å². The zero-order chi connectivity index (χ0) is 22.4. The largest absolute Gasteiger partial charge is 0.487 e. The van der Waals surface area contributed by atoms with Crippen LogP contribution in [0, 0.1) is 0 Å². The van der Waals surface area contributed by atoms with E-state index < -0.39 is 23.5 Å². The maximum atomic E-state index is 12.5. The number of likely N-dealkylation sites (N-methyl/N-ethyl adjacent to an activating group) is 1. The molecule has 0 radical (unpaired) electrons. The summed E-state index contributed by atoms with van der Waals surface area (Å²) >= 11 is 0. The summed E-state index contributed by atoms with van der Waals surface area (Å²) in [5, 5.41) is 15.1. The molecule has 31 heavy (non-hydrogen) atoms. The molecular weight excluding hydrogens is 398 g/mol. The van der Waals surface area contributed by atoms with Gasteiger partial charge in [0.2, 0.25) is 5.91 Å². The van der Waals surface area contributed by atoms with E-state index in [1.807, 2.05) is 30.3 Å². The Bertz CT molecular complexity index is 1020. The Labute approximate surface area is 180 Å². The molecule has 0 saturated carbocycles. The number of ether oxygens (including phenoxy) is 1. The molecule has 3 aromatic rings. The standard InChI is InChI=1S/C23H25N3O5/c1-23(2,29)20(22(28)24-3)26-21(27)19-12-11-18(31-19)17-10-9-16(13-25-17)30-14-15-7-5-4-6-8-15/h4-13,20,29H,14H2,1-3H3,(H,24,28)(H,26,27)/t20-/m1/s1. The normalized spacial score (nSPS) is 12.1. The number of hydrogen-bond donors (Lipinski definition) is 3. The van der Waals surface area contributed by atoms with Crippen molar-refractivity contribution in [3.63, 3.8) is 0 Å². The van der Waals surface area contributed by atoms with Gasteiger partial charge in [-0.3, -0.25) is 9.59 Å². The number of nitrogens with one attached hydrogen (secondary N) is 2. The van der Waals surface area contributed by atoms with Crippen molar-refractivity contribution in [1.82, 2.24) is 15.6 Å². The Morgan fingerprint density at radius 1 is 1.13 bits per heavy atom. The summed E-state index contributed by atoms with van der Waals surface area (Å²) in [7, 11) is 1.43. The van der Waals surface area contributed by atoms with Gasteiger partial charge in [0, 0.05) is 7.05 Å². The van der Waals surface area contributed by atoms with Gasteiger partial charge in [0.25, 0.3) is 5.91 Å². The second kappa shape index (κ2) is 9.44. The second-order valence-electron chi connectivity index (χ2n) is 7.49. The van der Waals surface area contributed by atoms with Crippen LogP contribution in [-0.2, 0) is 11.4 Å². The molecule has 0 fully saturated rings. The fourth-order valence-electron chi connectivity index (χ4n) is 2.86. The van der Waals surface area contributed by atoms with Crippen LogP contribution in [0.5, 0.6) is 5.75 Å². The van der Waals surface area contributed by atoms with Crippen LogP contribution in [0.3, 0.4) is 0 Å². The minimum Gasteiger partial charge on any atom is -0.487 e. The number of furan rings is 1. The van der Waals surface area contributed by atoms with Crippen LogP contribution in [0.1, 0.15) is 30.0 Å². The number of pyridine rings is 1. The van der Waals surface area contributed by atoms with Crippen molar-refractivity contribution in [1.29, 1.82) is 0 Å². The number of aromatic nitrogens is 1. The molecule has 0 bridgehead atoms. The molecule has 2 amide bonds. The molecular formula is C23H25N3O5. The van der Waals surface area contributed by atoms with Crippen LogP contribution in [-0.4, -0.2) is 40.6 Å². The van der Waals surface area contributed by atoms with Crippen LogP contribution in [0.25, 0.3) is 11.5 Å². The molecule has 0 aliphatic carbocycles. The van der Waals surface area contributed by atoms with Gasteiger partial charge in [0.1, 0.15) is 24.1 Å². The number of amides is 2. The highest BCUT2D eigenvalue weighted by Crippen LogP contribution is 2.23. The average molecular weight is 423 g/mol. The van der Waals surface area contributed by atoms with E-state index in [0.29, 0.717) is 23.8 Å². The number of hydrogen-bond acceptors (Lipinski definition) is 6. The highest BCUT2D eigenvalue weighted by atomic mass is 16.5.